The molecule has 3 aromatic rings. The van der Waals surface area contributed by atoms with Crippen LogP contribution in [-0.2, 0) is 10.0 Å². The second-order valence-corrected chi connectivity index (χ2v) is 9.85. The highest BCUT2D eigenvalue weighted by molar-refractivity contribution is 7.94. The number of amides is 1. The van der Waals surface area contributed by atoms with Gasteiger partial charge in [-0.1, -0.05) is 56.3 Å². The summed E-state index contributed by atoms with van der Waals surface area (Å²) in [5.74, 6) is -0.0666. The molecule has 0 saturated carbocycles. The molecular weight excluding hydrogens is 418 g/mol. The van der Waals surface area contributed by atoms with E-state index in [9.17, 15) is 13.2 Å². The SMILES string of the molecule is CC(=NNC(=O)c1ccccc1NS(=O)(=O)c1cccs1)c1ccc(C(C)C)cc1. The number of nitrogens with one attached hydrogen (secondary N) is 2. The summed E-state index contributed by atoms with van der Waals surface area (Å²) >= 11 is 1.10. The Balaban J connectivity index is 1.77. The van der Waals surface area contributed by atoms with Crippen LogP contribution < -0.4 is 10.1 Å². The number of carbonyl (C=O) groups is 1. The Labute approximate surface area is 180 Å². The molecule has 0 aliphatic carbocycles. The normalized spacial score (nSPS) is 12.1. The van der Waals surface area contributed by atoms with Crippen molar-refractivity contribution in [3.8, 4) is 0 Å². The smallest absolute Gasteiger partial charge is 0.273 e. The molecule has 1 amide bonds. The zero-order valence-electron chi connectivity index (χ0n) is 16.9. The second kappa shape index (κ2) is 9.23. The Morgan fingerprint density at radius 3 is 2.33 bits per heavy atom. The molecule has 0 unspecified atom stereocenters. The molecule has 2 aromatic carbocycles. The summed E-state index contributed by atoms with van der Waals surface area (Å²) in [5, 5.41) is 5.85. The third-order valence-corrected chi connectivity index (χ3v) is 7.26. The van der Waals surface area contributed by atoms with E-state index >= 15 is 0 Å². The van der Waals surface area contributed by atoms with Crippen molar-refractivity contribution >= 4 is 38.7 Å². The van der Waals surface area contributed by atoms with Crippen LogP contribution in [0.25, 0.3) is 0 Å². The molecule has 3 rings (SSSR count). The van der Waals surface area contributed by atoms with Crippen LogP contribution in [0.1, 0.15) is 48.2 Å². The van der Waals surface area contributed by atoms with Crippen LogP contribution in [0.3, 0.4) is 0 Å². The minimum Gasteiger partial charge on any atom is -0.278 e. The van der Waals surface area contributed by atoms with Gasteiger partial charge >= 0.3 is 0 Å². The van der Waals surface area contributed by atoms with Crippen molar-refractivity contribution in [2.24, 2.45) is 5.10 Å². The van der Waals surface area contributed by atoms with Gasteiger partial charge in [0.05, 0.1) is 17.0 Å². The van der Waals surface area contributed by atoms with Gasteiger partial charge in [-0.3, -0.25) is 9.52 Å². The van der Waals surface area contributed by atoms with Gasteiger partial charge in [-0.15, -0.1) is 11.3 Å². The molecule has 0 saturated heterocycles. The number of nitrogens with zero attached hydrogens (tertiary/aromatic N) is 1. The van der Waals surface area contributed by atoms with E-state index < -0.39 is 15.9 Å². The van der Waals surface area contributed by atoms with E-state index in [0.29, 0.717) is 11.6 Å². The molecule has 0 aliphatic rings. The molecular formula is C22H23N3O3S2. The molecule has 0 aliphatic heterocycles. The number of carbonyl (C=O) groups excluding carboxylic acids is 1. The zero-order valence-corrected chi connectivity index (χ0v) is 18.5. The molecule has 0 radical (unpaired) electrons. The fraction of sp³-hybridized carbons (Fsp3) is 0.182. The van der Waals surface area contributed by atoms with Crippen LogP contribution in [0.2, 0.25) is 0 Å². The van der Waals surface area contributed by atoms with E-state index in [-0.39, 0.29) is 15.5 Å². The van der Waals surface area contributed by atoms with E-state index in [0.717, 1.165) is 16.9 Å². The summed E-state index contributed by atoms with van der Waals surface area (Å²) in [7, 11) is -3.76. The summed E-state index contributed by atoms with van der Waals surface area (Å²) in [6.07, 6.45) is 0. The molecule has 30 heavy (non-hydrogen) atoms. The Morgan fingerprint density at radius 1 is 1.00 bits per heavy atom. The highest BCUT2D eigenvalue weighted by Gasteiger charge is 2.19. The number of anilines is 1. The van der Waals surface area contributed by atoms with Crippen molar-refractivity contribution in [3.63, 3.8) is 0 Å². The fourth-order valence-electron chi connectivity index (χ4n) is 2.75. The number of hydrogen-bond acceptors (Lipinski definition) is 5. The monoisotopic (exact) mass is 441 g/mol. The summed E-state index contributed by atoms with van der Waals surface area (Å²) in [5.41, 5.74) is 5.66. The predicted molar refractivity (Wildman–Crippen MR) is 122 cm³/mol. The third kappa shape index (κ3) is 5.14. The average molecular weight is 442 g/mol. The Kier molecular flexibility index (Phi) is 6.69. The molecule has 8 heteroatoms. The molecule has 0 spiro atoms. The van der Waals surface area contributed by atoms with E-state index in [4.69, 9.17) is 0 Å². The lowest BCUT2D eigenvalue weighted by atomic mass is 10.0. The summed E-state index contributed by atoms with van der Waals surface area (Å²) in [6, 6.07) is 17.6. The van der Waals surface area contributed by atoms with E-state index in [1.54, 1.807) is 42.6 Å². The van der Waals surface area contributed by atoms with Crippen molar-refractivity contribution in [3.05, 3.63) is 82.7 Å². The zero-order chi connectivity index (χ0) is 21.7. The minimum atomic E-state index is -3.76. The first-order valence-electron chi connectivity index (χ1n) is 9.38. The van der Waals surface area contributed by atoms with Crippen molar-refractivity contribution in [2.75, 3.05) is 4.72 Å². The van der Waals surface area contributed by atoms with Gasteiger partial charge in [0.15, 0.2) is 0 Å². The van der Waals surface area contributed by atoms with E-state index in [1.165, 1.54) is 11.6 Å². The largest absolute Gasteiger partial charge is 0.278 e. The first-order valence-corrected chi connectivity index (χ1v) is 11.7. The van der Waals surface area contributed by atoms with Gasteiger partial charge in [-0.05, 0) is 47.5 Å². The fourth-order valence-corrected chi connectivity index (χ4v) is 4.82. The van der Waals surface area contributed by atoms with Crippen LogP contribution >= 0.6 is 11.3 Å². The Hall–Kier alpha value is -2.97. The van der Waals surface area contributed by atoms with Gasteiger partial charge in [-0.2, -0.15) is 5.10 Å². The Morgan fingerprint density at radius 2 is 1.70 bits per heavy atom. The van der Waals surface area contributed by atoms with E-state index in [2.05, 4.69) is 29.1 Å². The maximum Gasteiger partial charge on any atom is 0.273 e. The lowest BCUT2D eigenvalue weighted by molar-refractivity contribution is 0.0955. The minimum absolute atomic E-state index is 0.177. The van der Waals surface area contributed by atoms with Crippen LogP contribution in [0.5, 0.6) is 0 Å². The molecule has 156 valence electrons. The molecule has 2 N–H and O–H groups in total. The quantitative estimate of drug-likeness (QED) is 0.407. The van der Waals surface area contributed by atoms with Crippen molar-refractivity contribution in [1.29, 1.82) is 0 Å². The van der Waals surface area contributed by atoms with Crippen molar-refractivity contribution in [2.45, 2.75) is 30.9 Å². The van der Waals surface area contributed by atoms with E-state index in [1.807, 2.05) is 24.3 Å². The maximum absolute atomic E-state index is 12.7. The van der Waals surface area contributed by atoms with Crippen molar-refractivity contribution < 1.29 is 13.2 Å². The standard InChI is InChI=1S/C22H23N3O3S2/c1-15(2)17-10-12-18(13-11-17)16(3)23-24-22(26)19-7-4-5-8-20(19)25-30(27,28)21-9-6-14-29-21/h4-15,25H,1-3H3,(H,24,26). The molecule has 6 nitrogen and oxygen atoms in total. The average Bonchev–Trinajstić information content (AvgIpc) is 3.28. The van der Waals surface area contributed by atoms with Crippen LogP contribution in [-0.4, -0.2) is 20.0 Å². The predicted octanol–water partition coefficient (Wildman–Crippen LogP) is 4.83. The third-order valence-electron chi connectivity index (χ3n) is 4.50. The van der Waals surface area contributed by atoms with Crippen LogP contribution in [0.15, 0.2) is 75.4 Å². The highest BCUT2D eigenvalue weighted by Crippen LogP contribution is 2.23. The number of hydrogen-bond donors (Lipinski definition) is 2. The first-order chi connectivity index (χ1) is 14.3. The first kappa shape index (κ1) is 21.7. The van der Waals surface area contributed by atoms with Gasteiger partial charge in [0.2, 0.25) is 0 Å². The number of hydrazone groups is 1. The van der Waals surface area contributed by atoms with Gasteiger partial charge in [0.25, 0.3) is 15.9 Å². The molecule has 0 fully saturated rings. The molecule has 0 atom stereocenters. The molecule has 1 heterocycles. The molecule has 0 bridgehead atoms. The number of thiophene rings is 1. The van der Waals surface area contributed by atoms with Gasteiger partial charge in [0.1, 0.15) is 4.21 Å². The van der Waals surface area contributed by atoms with Gasteiger partial charge in [-0.25, -0.2) is 13.8 Å². The lowest BCUT2D eigenvalue weighted by Gasteiger charge is -2.11. The number of benzene rings is 2. The highest BCUT2D eigenvalue weighted by atomic mass is 32.2. The van der Waals surface area contributed by atoms with Gasteiger partial charge < -0.3 is 0 Å². The number of rotatable bonds is 7. The topological polar surface area (TPSA) is 87.6 Å². The molecule has 1 aromatic heterocycles. The summed E-state index contributed by atoms with van der Waals surface area (Å²) < 4.78 is 27.7. The maximum atomic E-state index is 12.7. The van der Waals surface area contributed by atoms with Crippen LogP contribution in [0, 0.1) is 0 Å². The Bertz CT molecular complexity index is 1150. The second-order valence-electron chi connectivity index (χ2n) is 7.00. The van der Waals surface area contributed by atoms with Crippen molar-refractivity contribution in [1.82, 2.24) is 5.43 Å². The summed E-state index contributed by atoms with van der Waals surface area (Å²) in [6.45, 7) is 6.05. The number of sulfonamides is 1. The number of para-hydroxylation sites is 1. The van der Waals surface area contributed by atoms with Gasteiger partial charge in [0, 0.05) is 0 Å². The summed E-state index contributed by atoms with van der Waals surface area (Å²) in [4.78, 5) is 12.7. The lowest BCUT2D eigenvalue weighted by Crippen LogP contribution is -2.22. The van der Waals surface area contributed by atoms with Crippen LogP contribution in [0.4, 0.5) is 5.69 Å².